The van der Waals surface area contributed by atoms with Gasteiger partial charge in [-0.3, -0.25) is 0 Å². The van der Waals surface area contributed by atoms with Crippen LogP contribution in [0.5, 0.6) is 0 Å². The smallest absolute Gasteiger partial charge is 0.142 e. The molecule has 12 heavy (non-hydrogen) atoms. The Morgan fingerprint density at radius 1 is 1.33 bits per heavy atom. The molecule has 0 radical (unpaired) electrons. The summed E-state index contributed by atoms with van der Waals surface area (Å²) in [7, 11) is 0. The molecule has 0 aromatic heterocycles. The van der Waals surface area contributed by atoms with E-state index >= 15 is 0 Å². The second kappa shape index (κ2) is 3.69. The Hall–Kier alpha value is -0.180. The van der Waals surface area contributed by atoms with E-state index < -0.39 is 5.82 Å². The van der Waals surface area contributed by atoms with Crippen LogP contribution in [0.4, 0.5) is 4.39 Å². The van der Waals surface area contributed by atoms with Crippen molar-refractivity contribution in [3.8, 4) is 0 Å². The molecule has 4 heteroatoms. The highest BCUT2D eigenvalue weighted by atomic mass is 35.5. The monoisotopic (exact) mass is 222 g/mol. The van der Waals surface area contributed by atoms with Crippen molar-refractivity contribution < 1.29 is 4.39 Å². The molecule has 0 N–H and O–H groups in total. The molecule has 0 aliphatic heterocycles. The molecule has 0 aliphatic carbocycles. The second-order valence-electron chi connectivity index (χ2n) is 2.30. The van der Waals surface area contributed by atoms with Gasteiger partial charge in [0.05, 0.1) is 10.0 Å². The minimum atomic E-state index is -0.500. The molecule has 0 bridgehead atoms. The van der Waals surface area contributed by atoms with Crippen LogP contribution in [0.2, 0.25) is 10.0 Å². The van der Waals surface area contributed by atoms with E-state index in [0.29, 0.717) is 15.5 Å². The van der Waals surface area contributed by atoms with Gasteiger partial charge in [0, 0.05) is 10.4 Å². The van der Waals surface area contributed by atoms with Gasteiger partial charge in [-0.05, 0) is 19.1 Å². The van der Waals surface area contributed by atoms with Gasteiger partial charge in [0.1, 0.15) is 5.82 Å². The number of thiocarbonyl (C=S) groups is 1. The summed E-state index contributed by atoms with van der Waals surface area (Å²) < 4.78 is 12.9. The summed E-state index contributed by atoms with van der Waals surface area (Å²) in [5.41, 5.74) is 0.522. The summed E-state index contributed by atoms with van der Waals surface area (Å²) >= 11 is 16.1. The molecule has 1 aromatic rings. The molecule has 0 nitrogen and oxygen atoms in total. The minimum absolute atomic E-state index is 0.0139. The lowest BCUT2D eigenvalue weighted by atomic mass is 10.2. The van der Waals surface area contributed by atoms with Gasteiger partial charge in [0.15, 0.2) is 0 Å². The third-order valence-electron chi connectivity index (χ3n) is 1.39. The lowest BCUT2D eigenvalue weighted by Gasteiger charge is -2.02. The fourth-order valence-electron chi connectivity index (χ4n) is 0.792. The van der Waals surface area contributed by atoms with Crippen LogP contribution in [0, 0.1) is 5.82 Å². The number of halogens is 3. The molecular weight excluding hydrogens is 218 g/mol. The highest BCUT2D eigenvalue weighted by Crippen LogP contribution is 2.24. The topological polar surface area (TPSA) is 0 Å². The molecule has 0 aliphatic rings. The molecule has 0 saturated heterocycles. The van der Waals surface area contributed by atoms with Crippen molar-refractivity contribution in [2.75, 3.05) is 0 Å². The first-order chi connectivity index (χ1) is 5.52. The summed E-state index contributed by atoms with van der Waals surface area (Å²) in [5, 5.41) is 0.397. The number of hydrogen-bond acceptors (Lipinski definition) is 1. The summed E-state index contributed by atoms with van der Waals surface area (Å²) in [4.78, 5) is 0.551. The Kier molecular flexibility index (Phi) is 3.04. The normalized spacial score (nSPS) is 10.0. The number of benzene rings is 1. The molecule has 1 aromatic carbocycles. The first kappa shape index (κ1) is 9.90. The predicted molar refractivity (Wildman–Crippen MR) is 53.8 cm³/mol. The fraction of sp³-hybridized carbons (Fsp3) is 0.125. The summed E-state index contributed by atoms with van der Waals surface area (Å²) in [6.45, 7) is 1.68. The largest absolute Gasteiger partial charge is 0.205 e. The molecule has 0 heterocycles. The van der Waals surface area contributed by atoms with Gasteiger partial charge in [-0.1, -0.05) is 35.4 Å². The molecule has 0 atom stereocenters. The van der Waals surface area contributed by atoms with Crippen molar-refractivity contribution in [1.29, 1.82) is 0 Å². The van der Waals surface area contributed by atoms with Crippen molar-refractivity contribution >= 4 is 40.3 Å². The lowest BCUT2D eigenvalue weighted by molar-refractivity contribution is 0.628. The molecular formula is C8H5Cl2FS. The van der Waals surface area contributed by atoms with E-state index in [1.807, 2.05) is 0 Å². The molecule has 64 valence electrons. The van der Waals surface area contributed by atoms with Gasteiger partial charge in [0.25, 0.3) is 0 Å². The molecule has 0 fully saturated rings. The average molecular weight is 223 g/mol. The lowest BCUT2D eigenvalue weighted by Crippen LogP contribution is -1.93. The zero-order valence-corrected chi connectivity index (χ0v) is 8.53. The summed E-state index contributed by atoms with van der Waals surface area (Å²) in [6.07, 6.45) is 0. The average Bonchev–Trinajstić information content (AvgIpc) is 1.96. The van der Waals surface area contributed by atoms with Gasteiger partial charge in [-0.25, -0.2) is 4.39 Å². The van der Waals surface area contributed by atoms with E-state index in [9.17, 15) is 4.39 Å². The Morgan fingerprint density at radius 2 is 1.92 bits per heavy atom. The Balaban J connectivity index is 3.33. The molecule has 0 amide bonds. The van der Waals surface area contributed by atoms with Crippen molar-refractivity contribution in [3.05, 3.63) is 33.6 Å². The highest BCUT2D eigenvalue weighted by Gasteiger charge is 2.07. The standard InChI is InChI=1S/C8H5Cl2FS/c1-4(12)5-2-8(11)7(10)3-6(5)9/h2-3H,1H3. The van der Waals surface area contributed by atoms with Crippen LogP contribution in [0.1, 0.15) is 12.5 Å². The number of rotatable bonds is 1. The van der Waals surface area contributed by atoms with Crippen LogP contribution in [-0.2, 0) is 0 Å². The minimum Gasteiger partial charge on any atom is -0.205 e. The van der Waals surface area contributed by atoms with Crippen LogP contribution in [0.25, 0.3) is 0 Å². The third kappa shape index (κ3) is 1.94. The zero-order valence-electron chi connectivity index (χ0n) is 6.20. The summed E-state index contributed by atoms with van der Waals surface area (Å²) in [6, 6.07) is 2.59. The van der Waals surface area contributed by atoms with E-state index in [0.717, 1.165) is 0 Å². The zero-order chi connectivity index (χ0) is 9.30. The maximum atomic E-state index is 12.9. The van der Waals surface area contributed by atoms with Crippen molar-refractivity contribution in [2.24, 2.45) is 0 Å². The van der Waals surface area contributed by atoms with Gasteiger partial charge >= 0.3 is 0 Å². The van der Waals surface area contributed by atoms with Crippen LogP contribution in [0.3, 0.4) is 0 Å². The molecule has 0 spiro atoms. The molecule has 1 rings (SSSR count). The van der Waals surface area contributed by atoms with E-state index in [2.05, 4.69) is 0 Å². The van der Waals surface area contributed by atoms with Gasteiger partial charge in [-0.15, -0.1) is 0 Å². The van der Waals surface area contributed by atoms with Crippen LogP contribution in [0.15, 0.2) is 12.1 Å². The Morgan fingerprint density at radius 3 is 2.42 bits per heavy atom. The maximum absolute atomic E-state index is 12.9. The fourth-order valence-corrected chi connectivity index (χ4v) is 1.54. The van der Waals surface area contributed by atoms with Gasteiger partial charge in [-0.2, -0.15) is 0 Å². The van der Waals surface area contributed by atoms with Crippen molar-refractivity contribution in [3.63, 3.8) is 0 Å². The second-order valence-corrected chi connectivity index (χ2v) is 3.73. The van der Waals surface area contributed by atoms with E-state index in [4.69, 9.17) is 35.4 Å². The van der Waals surface area contributed by atoms with Gasteiger partial charge < -0.3 is 0 Å². The quantitative estimate of drug-likeness (QED) is 0.395. The predicted octanol–water partition coefficient (Wildman–Crippen LogP) is 3.87. The molecule has 0 saturated carbocycles. The van der Waals surface area contributed by atoms with Crippen molar-refractivity contribution in [2.45, 2.75) is 6.92 Å². The van der Waals surface area contributed by atoms with Crippen molar-refractivity contribution in [1.82, 2.24) is 0 Å². The number of hydrogen-bond donors (Lipinski definition) is 0. The third-order valence-corrected chi connectivity index (χ3v) is 2.21. The van der Waals surface area contributed by atoms with E-state index in [1.54, 1.807) is 6.92 Å². The van der Waals surface area contributed by atoms with Gasteiger partial charge in [0.2, 0.25) is 0 Å². The van der Waals surface area contributed by atoms with E-state index in [-0.39, 0.29) is 5.02 Å². The van der Waals surface area contributed by atoms with Crippen LogP contribution >= 0.6 is 35.4 Å². The van der Waals surface area contributed by atoms with Crippen LogP contribution < -0.4 is 0 Å². The molecule has 0 unspecified atom stereocenters. The van der Waals surface area contributed by atoms with E-state index in [1.165, 1.54) is 12.1 Å². The summed E-state index contributed by atoms with van der Waals surface area (Å²) in [5.74, 6) is -0.500. The SMILES string of the molecule is CC(=S)c1cc(F)c(Cl)cc1Cl. The first-order valence-corrected chi connectivity index (χ1v) is 4.34. The Labute approximate surface area is 85.3 Å². The Bertz CT molecular complexity index is 336. The first-order valence-electron chi connectivity index (χ1n) is 3.18. The highest BCUT2D eigenvalue weighted by molar-refractivity contribution is 7.80. The maximum Gasteiger partial charge on any atom is 0.142 e. The van der Waals surface area contributed by atoms with Crippen LogP contribution in [-0.4, -0.2) is 4.86 Å².